The zero-order valence-electron chi connectivity index (χ0n) is 13.1. The second kappa shape index (κ2) is 6.22. The minimum atomic E-state index is -0.0165. The Kier molecular flexibility index (Phi) is 4.13. The van der Waals surface area contributed by atoms with Gasteiger partial charge in [-0.1, -0.05) is 32.0 Å². The molecule has 0 atom stereocenters. The van der Waals surface area contributed by atoms with Gasteiger partial charge in [0.25, 0.3) is 0 Å². The molecule has 1 aliphatic rings. The van der Waals surface area contributed by atoms with E-state index in [1.807, 2.05) is 47.6 Å². The van der Waals surface area contributed by atoms with Crippen LogP contribution in [0, 0.1) is 5.92 Å². The molecule has 2 heterocycles. The summed E-state index contributed by atoms with van der Waals surface area (Å²) in [5.74, 6) is 2.05. The summed E-state index contributed by atoms with van der Waals surface area (Å²) < 4.78 is 2.21. The zero-order valence-corrected chi connectivity index (χ0v) is 13.1. The van der Waals surface area contributed by atoms with Crippen molar-refractivity contribution >= 4 is 11.7 Å². The van der Waals surface area contributed by atoms with Crippen molar-refractivity contribution in [2.75, 3.05) is 18.4 Å². The molecule has 1 aromatic carbocycles. The van der Waals surface area contributed by atoms with Gasteiger partial charge in [0.15, 0.2) is 0 Å². The van der Waals surface area contributed by atoms with Gasteiger partial charge < -0.3 is 14.8 Å². The molecule has 1 aromatic heterocycles. The third-order valence-corrected chi connectivity index (χ3v) is 3.99. The molecule has 5 nitrogen and oxygen atoms in total. The van der Waals surface area contributed by atoms with E-state index in [9.17, 15) is 4.79 Å². The number of rotatable bonds is 4. The second-order valence-corrected chi connectivity index (χ2v) is 6.16. The van der Waals surface area contributed by atoms with Gasteiger partial charge in [0.05, 0.1) is 0 Å². The van der Waals surface area contributed by atoms with E-state index in [1.165, 1.54) is 0 Å². The van der Waals surface area contributed by atoms with Crippen molar-refractivity contribution in [3.8, 4) is 0 Å². The lowest BCUT2D eigenvalue weighted by Crippen LogP contribution is -2.53. The number of imidazole rings is 1. The number of amides is 2. The predicted molar refractivity (Wildman–Crippen MR) is 86.8 cm³/mol. The van der Waals surface area contributed by atoms with Crippen LogP contribution in [-0.2, 0) is 6.54 Å². The van der Waals surface area contributed by atoms with Crippen LogP contribution in [0.5, 0.6) is 0 Å². The smallest absolute Gasteiger partial charge is 0.321 e. The molecule has 0 radical (unpaired) electrons. The Morgan fingerprint density at radius 1 is 1.32 bits per heavy atom. The van der Waals surface area contributed by atoms with Crippen molar-refractivity contribution in [3.05, 3.63) is 48.5 Å². The summed E-state index contributed by atoms with van der Waals surface area (Å²) in [5, 5.41) is 2.92. The number of likely N-dealkylation sites (tertiary alicyclic amines) is 1. The van der Waals surface area contributed by atoms with Crippen LogP contribution in [0.15, 0.2) is 42.7 Å². The van der Waals surface area contributed by atoms with Gasteiger partial charge in [-0.05, 0) is 12.1 Å². The highest BCUT2D eigenvalue weighted by atomic mass is 16.2. The summed E-state index contributed by atoms with van der Waals surface area (Å²) in [4.78, 5) is 18.4. The van der Waals surface area contributed by atoms with Crippen molar-refractivity contribution in [2.45, 2.75) is 26.3 Å². The number of hydrogen-bond donors (Lipinski definition) is 1. The highest BCUT2D eigenvalue weighted by molar-refractivity contribution is 5.89. The van der Waals surface area contributed by atoms with E-state index in [4.69, 9.17) is 0 Å². The lowest BCUT2D eigenvalue weighted by molar-refractivity contribution is 0.119. The van der Waals surface area contributed by atoms with Crippen molar-refractivity contribution in [1.82, 2.24) is 14.5 Å². The number of para-hydroxylation sites is 1. The van der Waals surface area contributed by atoms with Crippen LogP contribution >= 0.6 is 0 Å². The number of anilines is 1. The summed E-state index contributed by atoms with van der Waals surface area (Å²) in [6.45, 7) is 6.84. The first-order valence-corrected chi connectivity index (χ1v) is 7.75. The molecule has 1 aliphatic heterocycles. The third-order valence-electron chi connectivity index (χ3n) is 3.99. The molecule has 0 spiro atoms. The number of nitrogens with one attached hydrogen (secondary N) is 1. The molecule has 0 unspecified atom stereocenters. The molecule has 0 saturated carbocycles. The molecule has 116 valence electrons. The Morgan fingerprint density at radius 2 is 2.05 bits per heavy atom. The molecule has 0 aliphatic carbocycles. The van der Waals surface area contributed by atoms with E-state index in [0.717, 1.165) is 31.1 Å². The summed E-state index contributed by atoms with van der Waals surface area (Å²) in [7, 11) is 0. The number of carbonyl (C=O) groups excluding carboxylic acids is 1. The quantitative estimate of drug-likeness (QED) is 0.942. The van der Waals surface area contributed by atoms with E-state index in [-0.39, 0.29) is 6.03 Å². The average molecular weight is 298 g/mol. The van der Waals surface area contributed by atoms with Crippen molar-refractivity contribution < 1.29 is 4.79 Å². The molecule has 2 amide bonds. The van der Waals surface area contributed by atoms with Crippen LogP contribution in [0.25, 0.3) is 0 Å². The maximum atomic E-state index is 12.1. The van der Waals surface area contributed by atoms with Gasteiger partial charge in [-0.15, -0.1) is 0 Å². The van der Waals surface area contributed by atoms with E-state index in [0.29, 0.717) is 11.8 Å². The van der Waals surface area contributed by atoms with Gasteiger partial charge in [-0.3, -0.25) is 0 Å². The highest BCUT2D eigenvalue weighted by Crippen LogP contribution is 2.21. The second-order valence-electron chi connectivity index (χ2n) is 6.16. The molecular weight excluding hydrogens is 276 g/mol. The highest BCUT2D eigenvalue weighted by Gasteiger charge is 2.31. The molecule has 3 rings (SSSR count). The first-order chi connectivity index (χ1) is 10.6. The first-order valence-electron chi connectivity index (χ1n) is 7.75. The lowest BCUT2D eigenvalue weighted by Gasteiger charge is -2.39. The van der Waals surface area contributed by atoms with Crippen molar-refractivity contribution in [3.63, 3.8) is 0 Å². The molecule has 22 heavy (non-hydrogen) atoms. The summed E-state index contributed by atoms with van der Waals surface area (Å²) in [5.41, 5.74) is 0.840. The first kappa shape index (κ1) is 14.6. The minimum Gasteiger partial charge on any atom is -0.334 e. The Morgan fingerprint density at radius 3 is 2.73 bits per heavy atom. The number of benzene rings is 1. The third kappa shape index (κ3) is 3.13. The monoisotopic (exact) mass is 298 g/mol. The summed E-state index contributed by atoms with van der Waals surface area (Å²) >= 11 is 0. The van der Waals surface area contributed by atoms with Crippen molar-refractivity contribution in [1.29, 1.82) is 0 Å². The zero-order chi connectivity index (χ0) is 15.5. The van der Waals surface area contributed by atoms with E-state index < -0.39 is 0 Å². The molecular formula is C17H22N4O. The number of nitrogens with zero attached hydrogens (tertiary/aromatic N) is 3. The number of urea groups is 1. The Balaban J connectivity index is 1.50. The number of aromatic nitrogens is 2. The van der Waals surface area contributed by atoms with Gasteiger partial charge in [-0.2, -0.15) is 0 Å². The summed E-state index contributed by atoms with van der Waals surface area (Å²) in [6.07, 6.45) is 3.88. The molecule has 1 N–H and O–H groups in total. The van der Waals surface area contributed by atoms with Crippen LogP contribution in [0.2, 0.25) is 0 Å². The molecule has 1 fully saturated rings. The van der Waals surface area contributed by atoms with Gasteiger partial charge in [0.2, 0.25) is 0 Å². The average Bonchev–Trinajstić information content (AvgIpc) is 2.91. The maximum Gasteiger partial charge on any atom is 0.321 e. The van der Waals surface area contributed by atoms with Gasteiger partial charge in [0, 0.05) is 49.6 Å². The molecule has 5 heteroatoms. The fourth-order valence-electron chi connectivity index (χ4n) is 2.83. The van der Waals surface area contributed by atoms with Crippen LogP contribution in [-0.4, -0.2) is 33.6 Å². The van der Waals surface area contributed by atoms with E-state index in [1.54, 1.807) is 0 Å². The molecule has 0 bridgehead atoms. The number of hydrogen-bond acceptors (Lipinski definition) is 2. The number of carbonyl (C=O) groups is 1. The van der Waals surface area contributed by atoms with Gasteiger partial charge in [-0.25, -0.2) is 9.78 Å². The van der Waals surface area contributed by atoms with E-state index >= 15 is 0 Å². The fraction of sp³-hybridized carbons (Fsp3) is 0.412. The Bertz CT molecular complexity index is 629. The predicted octanol–water partition coefficient (Wildman–Crippen LogP) is 3.17. The fourth-order valence-corrected chi connectivity index (χ4v) is 2.83. The molecule has 1 saturated heterocycles. The van der Waals surface area contributed by atoms with Crippen LogP contribution in [0.3, 0.4) is 0 Å². The van der Waals surface area contributed by atoms with Crippen LogP contribution in [0.4, 0.5) is 10.5 Å². The normalized spacial score (nSPS) is 15.0. The van der Waals surface area contributed by atoms with Gasteiger partial charge in [0.1, 0.15) is 5.82 Å². The Labute approximate surface area is 131 Å². The topological polar surface area (TPSA) is 50.2 Å². The maximum absolute atomic E-state index is 12.1. The largest absolute Gasteiger partial charge is 0.334 e. The minimum absolute atomic E-state index is 0.0165. The standard InChI is InChI=1S/C17H22N4O/c1-13(2)16-18-8-9-20(16)10-14-11-21(12-14)17(22)19-15-6-4-3-5-7-15/h3-9,13-14H,10-12H2,1-2H3,(H,19,22). The van der Waals surface area contributed by atoms with E-state index in [2.05, 4.69) is 28.7 Å². The van der Waals surface area contributed by atoms with Gasteiger partial charge >= 0.3 is 6.03 Å². The Hall–Kier alpha value is -2.30. The van der Waals surface area contributed by atoms with Crippen LogP contribution in [0.1, 0.15) is 25.6 Å². The van der Waals surface area contributed by atoms with Crippen molar-refractivity contribution in [2.24, 2.45) is 5.92 Å². The van der Waals surface area contributed by atoms with Crippen LogP contribution < -0.4 is 5.32 Å². The lowest BCUT2D eigenvalue weighted by atomic mass is 10.0. The SMILES string of the molecule is CC(C)c1nccn1CC1CN(C(=O)Nc2ccccc2)C1. The molecule has 2 aromatic rings. The summed E-state index contributed by atoms with van der Waals surface area (Å²) in [6, 6.07) is 9.55.